The van der Waals surface area contributed by atoms with Crippen LogP contribution in [0.1, 0.15) is 39.1 Å². The van der Waals surface area contributed by atoms with Crippen LogP contribution in [0.3, 0.4) is 0 Å². The number of aromatic nitrogens is 4. The molecule has 6 rings (SSSR count). The molecule has 3 aromatic rings. The van der Waals surface area contributed by atoms with Gasteiger partial charge in [0.05, 0.1) is 24.9 Å². The average molecular weight is 426 g/mol. The van der Waals surface area contributed by atoms with Crippen molar-refractivity contribution in [2.45, 2.75) is 44.6 Å². The van der Waals surface area contributed by atoms with Crippen molar-refractivity contribution in [2.24, 2.45) is 10.4 Å². The zero-order valence-electron chi connectivity index (χ0n) is 17.1. The number of pyridine rings is 1. The Balaban J connectivity index is 0.00000216. The summed E-state index contributed by atoms with van der Waals surface area (Å²) in [7, 11) is 0. The average Bonchev–Trinajstić information content (AvgIpc) is 3.23. The first-order valence-electron chi connectivity index (χ1n) is 10.5. The van der Waals surface area contributed by atoms with E-state index in [1.165, 1.54) is 0 Å². The molecule has 0 aromatic carbocycles. The molecule has 2 fully saturated rings. The Morgan fingerprint density at radius 1 is 1.29 bits per heavy atom. The number of nitrogens with one attached hydrogen (secondary N) is 1. The Bertz CT molecular complexity index is 1200. The summed E-state index contributed by atoms with van der Waals surface area (Å²) < 4.78 is 33.2. The van der Waals surface area contributed by atoms with Gasteiger partial charge < -0.3 is 10.1 Å². The number of rotatable bonds is 5. The van der Waals surface area contributed by atoms with Gasteiger partial charge in [-0.1, -0.05) is 0 Å². The lowest BCUT2D eigenvalue weighted by atomic mass is 9.64. The molecule has 7 nitrogen and oxygen atoms in total. The van der Waals surface area contributed by atoms with Gasteiger partial charge >= 0.3 is 0 Å². The molecule has 1 saturated heterocycles. The lowest BCUT2D eigenvalue weighted by Gasteiger charge is -2.53. The van der Waals surface area contributed by atoms with Crippen LogP contribution < -0.4 is 5.32 Å². The molecule has 31 heavy (non-hydrogen) atoms. The number of hydrogen-bond donors (Lipinski definition) is 1. The number of fused-ring (bicyclic) bond motifs is 2. The summed E-state index contributed by atoms with van der Waals surface area (Å²) in [5.41, 5.74) is 4.43. The quantitative estimate of drug-likeness (QED) is 0.651. The summed E-state index contributed by atoms with van der Waals surface area (Å²) in [6, 6.07) is 4.25. The van der Waals surface area contributed by atoms with Crippen molar-refractivity contribution in [1.82, 2.24) is 19.6 Å². The van der Waals surface area contributed by atoms with E-state index < -0.39 is 12.3 Å². The van der Waals surface area contributed by atoms with E-state index in [-0.39, 0.29) is 7.85 Å². The van der Waals surface area contributed by atoms with Crippen LogP contribution in [0.2, 0.25) is 0 Å². The molecular weight excluding hydrogens is 402 g/mol. The molecule has 0 radical (unpaired) electrons. The molecule has 1 aliphatic carbocycles. The first-order chi connectivity index (χ1) is 15.0. The van der Waals surface area contributed by atoms with Gasteiger partial charge in [-0.15, -0.1) is 5.10 Å². The van der Waals surface area contributed by atoms with Crippen molar-refractivity contribution >= 4 is 23.0 Å². The lowest BCUT2D eigenvalue weighted by molar-refractivity contribution is -0.160. The van der Waals surface area contributed by atoms with E-state index in [9.17, 15) is 8.78 Å². The van der Waals surface area contributed by atoms with Gasteiger partial charge in [0.25, 0.3) is 0 Å². The fourth-order valence-corrected chi connectivity index (χ4v) is 5.02. The highest BCUT2D eigenvalue weighted by Crippen LogP contribution is 2.47. The van der Waals surface area contributed by atoms with Gasteiger partial charge in [-0.3, -0.25) is 0 Å². The summed E-state index contributed by atoms with van der Waals surface area (Å²) in [4.78, 5) is 13.3. The monoisotopic (exact) mass is 426 g/mol. The first kappa shape index (κ1) is 18.8. The summed E-state index contributed by atoms with van der Waals surface area (Å²) >= 11 is 0. The Morgan fingerprint density at radius 2 is 2.13 bits per heavy atom. The van der Waals surface area contributed by atoms with Crippen molar-refractivity contribution < 1.29 is 14.9 Å². The highest BCUT2D eigenvalue weighted by molar-refractivity contribution is 5.96. The Morgan fingerprint density at radius 3 is 2.87 bits per heavy atom. The lowest BCUT2D eigenvalue weighted by Crippen LogP contribution is -2.56. The molecule has 1 unspecified atom stereocenters. The molecule has 3 aromatic heterocycles. The van der Waals surface area contributed by atoms with E-state index in [0.29, 0.717) is 28.9 Å². The summed E-state index contributed by atoms with van der Waals surface area (Å²) in [6.45, 7) is 3.51. The third-order valence-electron chi connectivity index (χ3n) is 6.71. The molecule has 162 valence electrons. The maximum atomic E-state index is 13.1. The second kappa shape index (κ2) is 6.78. The van der Waals surface area contributed by atoms with Crippen LogP contribution in [-0.2, 0) is 4.74 Å². The largest absolute Gasteiger partial charge is 0.380 e. The number of hydrogen-bond acceptors (Lipinski definition) is 6. The Kier molecular flexibility index (Phi) is 4.11. The molecular formula is C22H24F2N6O. The van der Waals surface area contributed by atoms with Gasteiger partial charge in [0.1, 0.15) is 0 Å². The maximum Gasteiger partial charge on any atom is 0.241 e. The van der Waals surface area contributed by atoms with Crippen LogP contribution in [0.25, 0.3) is 16.6 Å². The molecule has 0 bridgehead atoms. The van der Waals surface area contributed by atoms with E-state index in [1.54, 1.807) is 23.8 Å². The number of ether oxygens (including phenoxy) is 1. The molecule has 1 atom stereocenters. The third-order valence-corrected chi connectivity index (χ3v) is 6.71. The van der Waals surface area contributed by atoms with Crippen molar-refractivity contribution in [1.29, 1.82) is 0 Å². The highest BCUT2D eigenvalue weighted by atomic mass is 19.3. The smallest absolute Gasteiger partial charge is 0.241 e. The van der Waals surface area contributed by atoms with Crippen molar-refractivity contribution in [3.8, 4) is 11.1 Å². The highest BCUT2D eigenvalue weighted by Gasteiger charge is 2.50. The van der Waals surface area contributed by atoms with E-state index in [2.05, 4.69) is 25.4 Å². The van der Waals surface area contributed by atoms with E-state index in [1.807, 2.05) is 18.3 Å². The topological polar surface area (TPSA) is 76.7 Å². The normalized spacial score (nSPS) is 21.8. The first-order valence-corrected chi connectivity index (χ1v) is 10.5. The fraction of sp³-hybridized carbons (Fsp3) is 0.455. The standard InChI is InChI=1S/C22H22F2N6O.H2/c1-12-16(5-19(23)24)17-4-13(8-25-20(17)27-12)15-2-3-30-18(15)9-26-21(29-30)28-14-6-22(7-14)10-31-11-22;/h2-4,8-9,14,16,19H,5-7,10-11H2,1H3,(H,28,29);1H. The molecule has 1 saturated carbocycles. The van der Waals surface area contributed by atoms with Gasteiger partial charge in [-0.05, 0) is 31.9 Å². The zero-order valence-corrected chi connectivity index (χ0v) is 17.1. The molecule has 0 amide bonds. The van der Waals surface area contributed by atoms with Crippen LogP contribution in [0.5, 0.6) is 0 Å². The maximum absolute atomic E-state index is 13.1. The third kappa shape index (κ3) is 3.10. The van der Waals surface area contributed by atoms with E-state index >= 15 is 0 Å². The van der Waals surface area contributed by atoms with Gasteiger partial charge in [0.2, 0.25) is 12.4 Å². The molecule has 1 spiro atoms. The number of anilines is 1. The zero-order chi connectivity index (χ0) is 21.2. The van der Waals surface area contributed by atoms with Gasteiger partial charge in [0, 0.05) is 60.0 Å². The van der Waals surface area contributed by atoms with Crippen LogP contribution in [0.15, 0.2) is 35.7 Å². The Labute approximate surface area is 179 Å². The summed E-state index contributed by atoms with van der Waals surface area (Å²) in [5, 5.41) is 8.00. The number of alkyl halides is 2. The van der Waals surface area contributed by atoms with Crippen LogP contribution >= 0.6 is 0 Å². The number of halogens is 2. The minimum atomic E-state index is -2.39. The van der Waals surface area contributed by atoms with E-state index in [4.69, 9.17) is 4.74 Å². The van der Waals surface area contributed by atoms with Gasteiger partial charge in [0.15, 0.2) is 5.82 Å². The second-order valence-electron chi connectivity index (χ2n) is 8.95. The predicted octanol–water partition coefficient (Wildman–Crippen LogP) is 4.47. The van der Waals surface area contributed by atoms with Crippen LogP contribution in [0, 0.1) is 5.41 Å². The van der Waals surface area contributed by atoms with Crippen LogP contribution in [0.4, 0.5) is 20.5 Å². The molecule has 1 N–H and O–H groups in total. The van der Waals surface area contributed by atoms with Gasteiger partial charge in [-0.2, -0.15) is 0 Å². The van der Waals surface area contributed by atoms with E-state index in [0.717, 1.165) is 48.3 Å². The fourth-order valence-electron chi connectivity index (χ4n) is 5.02. The predicted molar refractivity (Wildman–Crippen MR) is 114 cm³/mol. The summed E-state index contributed by atoms with van der Waals surface area (Å²) in [5.74, 6) is 0.742. The minimum absolute atomic E-state index is 0. The minimum Gasteiger partial charge on any atom is -0.380 e. The Hall–Kier alpha value is -2.94. The molecule has 5 heterocycles. The molecule has 9 heteroatoms. The van der Waals surface area contributed by atoms with Crippen LogP contribution in [-0.4, -0.2) is 51.0 Å². The summed E-state index contributed by atoms with van der Waals surface area (Å²) in [6.07, 6.45) is 4.96. The van der Waals surface area contributed by atoms with Gasteiger partial charge in [-0.25, -0.2) is 28.3 Å². The van der Waals surface area contributed by atoms with Crippen molar-refractivity contribution in [3.05, 3.63) is 36.3 Å². The molecule has 2 aliphatic heterocycles. The second-order valence-corrected chi connectivity index (χ2v) is 8.95. The number of aliphatic imine (C=N–C) groups is 1. The number of nitrogens with zero attached hydrogens (tertiary/aromatic N) is 5. The molecule has 3 aliphatic rings. The van der Waals surface area contributed by atoms with Crippen molar-refractivity contribution in [2.75, 3.05) is 18.5 Å². The van der Waals surface area contributed by atoms with Crippen molar-refractivity contribution in [3.63, 3.8) is 0 Å². The SMILES string of the molecule is CC1=Nc2ncc(-c3ccn4nc(NC5CC6(COC6)C5)ncc34)cc2C1CC(F)F.[HH].